The highest BCUT2D eigenvalue weighted by atomic mass is 127. The second kappa shape index (κ2) is 4.86. The first-order chi connectivity index (χ1) is 6.91. The van der Waals surface area contributed by atoms with Gasteiger partial charge in [-0.1, -0.05) is 11.1 Å². The quantitative estimate of drug-likeness (QED) is 0.386. The van der Waals surface area contributed by atoms with Gasteiger partial charge in [0, 0.05) is 11.8 Å². The number of hydrogen-bond acceptors (Lipinski definition) is 5. The summed E-state index contributed by atoms with van der Waals surface area (Å²) in [5.74, 6) is -0.752. The van der Waals surface area contributed by atoms with E-state index in [-0.39, 0.29) is 14.9 Å². The topological polar surface area (TPSA) is 104 Å². The number of phenolic OH excluding ortho intramolecular Hbond substituents is 1. The van der Waals surface area contributed by atoms with Crippen LogP contribution in [0.5, 0.6) is 5.75 Å². The van der Waals surface area contributed by atoms with Crippen molar-refractivity contribution < 1.29 is 18.8 Å². The molecule has 1 unspecified atom stereocenters. The highest BCUT2D eigenvalue weighted by Crippen LogP contribution is 2.32. The van der Waals surface area contributed by atoms with Crippen molar-refractivity contribution in [1.82, 2.24) is 0 Å². The van der Waals surface area contributed by atoms with Crippen molar-refractivity contribution in [2.75, 3.05) is 0 Å². The Balaban J connectivity index is 3.23. The SMILES string of the molecule is O=[N+]([O-])c1cc(CS(=O)[O-])cc(I)c1O. The van der Waals surface area contributed by atoms with E-state index in [0.29, 0.717) is 0 Å². The molecule has 15 heavy (non-hydrogen) atoms. The number of nitrogens with zero attached hydrogens (tertiary/aromatic N) is 1. The molecule has 8 heteroatoms. The summed E-state index contributed by atoms with van der Waals surface area (Å²) >= 11 is -0.610. The van der Waals surface area contributed by atoms with Gasteiger partial charge < -0.3 is 9.66 Å². The zero-order valence-electron chi connectivity index (χ0n) is 7.18. The largest absolute Gasteiger partial charge is 0.772 e. The predicted molar refractivity (Wildman–Crippen MR) is 60.1 cm³/mol. The van der Waals surface area contributed by atoms with Crippen LogP contribution in [0.3, 0.4) is 0 Å². The highest BCUT2D eigenvalue weighted by molar-refractivity contribution is 14.1. The molecular weight excluding hydrogens is 337 g/mol. The van der Waals surface area contributed by atoms with E-state index in [4.69, 9.17) is 0 Å². The molecule has 0 heterocycles. The minimum Gasteiger partial charge on any atom is -0.772 e. The number of hydrogen-bond donors (Lipinski definition) is 1. The van der Waals surface area contributed by atoms with Crippen molar-refractivity contribution in [1.29, 1.82) is 0 Å². The zero-order valence-corrected chi connectivity index (χ0v) is 10.1. The van der Waals surface area contributed by atoms with Gasteiger partial charge in [0.25, 0.3) is 0 Å². The third-order valence-corrected chi connectivity index (χ3v) is 2.98. The Labute approximate surface area is 101 Å². The van der Waals surface area contributed by atoms with Gasteiger partial charge in [0.15, 0.2) is 0 Å². The van der Waals surface area contributed by atoms with Gasteiger partial charge in [-0.25, -0.2) is 0 Å². The van der Waals surface area contributed by atoms with Gasteiger partial charge in [0.05, 0.1) is 8.49 Å². The Bertz CT molecular complexity index is 436. The molecule has 0 aliphatic carbocycles. The number of rotatable bonds is 3. The molecular formula is C7H5INO5S-. The molecule has 0 fully saturated rings. The maximum absolute atomic E-state index is 10.5. The lowest BCUT2D eigenvalue weighted by Gasteiger charge is -2.06. The lowest BCUT2D eigenvalue weighted by Crippen LogP contribution is -1.97. The normalized spacial score (nSPS) is 12.4. The molecule has 6 nitrogen and oxygen atoms in total. The molecule has 1 aromatic rings. The number of nitro groups is 1. The molecule has 1 rings (SSSR count). The van der Waals surface area contributed by atoms with Crippen molar-refractivity contribution in [3.8, 4) is 5.75 Å². The minimum atomic E-state index is -2.31. The summed E-state index contributed by atoms with van der Waals surface area (Å²) in [6, 6.07) is 2.44. The van der Waals surface area contributed by atoms with Gasteiger partial charge in [0.2, 0.25) is 5.75 Å². The molecule has 0 aromatic heterocycles. The predicted octanol–water partition coefficient (Wildman–Crippen LogP) is 1.28. The first kappa shape index (κ1) is 12.3. The van der Waals surface area contributed by atoms with Crippen molar-refractivity contribution in [3.63, 3.8) is 0 Å². The maximum atomic E-state index is 10.5. The van der Waals surface area contributed by atoms with Crippen LogP contribution in [-0.2, 0) is 16.8 Å². The highest BCUT2D eigenvalue weighted by Gasteiger charge is 2.17. The van der Waals surface area contributed by atoms with Crippen LogP contribution in [0.15, 0.2) is 12.1 Å². The minimum absolute atomic E-state index is 0.252. The second-order valence-electron chi connectivity index (χ2n) is 2.65. The standard InChI is InChI=1S/C7H6INO5S/c8-5-1-4(3-15(13)14)2-6(7(5)10)9(11)12/h1-2,10H,3H2,(H,13,14)/p-1. The molecule has 0 radical (unpaired) electrons. The van der Waals surface area contributed by atoms with Gasteiger partial charge >= 0.3 is 5.69 Å². The molecule has 1 atom stereocenters. The van der Waals surface area contributed by atoms with E-state index < -0.39 is 27.4 Å². The molecule has 1 N–H and O–H groups in total. The zero-order chi connectivity index (χ0) is 11.6. The third-order valence-electron chi connectivity index (χ3n) is 1.58. The Morgan fingerprint density at radius 3 is 2.60 bits per heavy atom. The fourth-order valence-corrected chi connectivity index (χ4v) is 2.11. The maximum Gasteiger partial charge on any atom is 0.312 e. The summed E-state index contributed by atoms with van der Waals surface area (Å²) in [4.78, 5) is 9.74. The van der Waals surface area contributed by atoms with Crippen LogP contribution in [0.25, 0.3) is 0 Å². The summed E-state index contributed by atoms with van der Waals surface area (Å²) < 4.78 is 21.1. The molecule has 0 amide bonds. The van der Waals surface area contributed by atoms with Crippen LogP contribution in [0.2, 0.25) is 0 Å². The summed E-state index contributed by atoms with van der Waals surface area (Å²) in [6.45, 7) is 0. The summed E-state index contributed by atoms with van der Waals surface area (Å²) in [6.07, 6.45) is 0. The number of aromatic hydroxyl groups is 1. The van der Waals surface area contributed by atoms with Crippen molar-refractivity contribution in [3.05, 3.63) is 31.4 Å². The summed E-state index contributed by atoms with van der Waals surface area (Å²) in [7, 11) is 0. The van der Waals surface area contributed by atoms with Crippen molar-refractivity contribution in [2.45, 2.75) is 5.75 Å². The van der Waals surface area contributed by atoms with Gasteiger partial charge in [-0.05, 0) is 34.2 Å². The third kappa shape index (κ3) is 3.11. The summed E-state index contributed by atoms with van der Waals surface area (Å²) in [5, 5.41) is 19.8. The number of halogens is 1. The van der Waals surface area contributed by atoms with E-state index in [9.17, 15) is 24.0 Å². The van der Waals surface area contributed by atoms with Crippen LogP contribution in [0.4, 0.5) is 5.69 Å². The van der Waals surface area contributed by atoms with Gasteiger partial charge in [-0.3, -0.25) is 14.3 Å². The van der Waals surface area contributed by atoms with Crippen molar-refractivity contribution in [2.24, 2.45) is 0 Å². The van der Waals surface area contributed by atoms with E-state index in [1.54, 1.807) is 22.6 Å². The van der Waals surface area contributed by atoms with Gasteiger partial charge in [-0.15, -0.1) is 0 Å². The first-order valence-electron chi connectivity index (χ1n) is 3.63. The molecule has 0 saturated carbocycles. The fourth-order valence-electron chi connectivity index (χ4n) is 0.998. The Kier molecular flexibility index (Phi) is 3.99. The van der Waals surface area contributed by atoms with Crippen molar-refractivity contribution >= 4 is 39.4 Å². The van der Waals surface area contributed by atoms with E-state index in [2.05, 4.69) is 0 Å². The Hall–Kier alpha value is -0.740. The smallest absolute Gasteiger partial charge is 0.312 e. The van der Waals surface area contributed by atoms with Crippen LogP contribution in [0, 0.1) is 13.7 Å². The molecule has 0 saturated heterocycles. The van der Waals surface area contributed by atoms with Gasteiger partial charge in [0.1, 0.15) is 0 Å². The monoisotopic (exact) mass is 342 g/mol. The fraction of sp³-hybridized carbons (Fsp3) is 0.143. The van der Waals surface area contributed by atoms with Crippen LogP contribution >= 0.6 is 22.6 Å². The van der Waals surface area contributed by atoms with E-state index >= 15 is 0 Å². The van der Waals surface area contributed by atoms with Crippen LogP contribution < -0.4 is 0 Å². The molecule has 1 aromatic carbocycles. The lowest BCUT2D eigenvalue weighted by atomic mass is 10.2. The van der Waals surface area contributed by atoms with Crippen LogP contribution in [-0.4, -0.2) is 18.8 Å². The van der Waals surface area contributed by atoms with E-state index in [1.165, 1.54) is 6.07 Å². The Morgan fingerprint density at radius 2 is 2.13 bits per heavy atom. The molecule has 0 bridgehead atoms. The lowest BCUT2D eigenvalue weighted by molar-refractivity contribution is -0.386. The Morgan fingerprint density at radius 1 is 1.53 bits per heavy atom. The van der Waals surface area contributed by atoms with Gasteiger partial charge in [-0.2, -0.15) is 0 Å². The summed E-state index contributed by atoms with van der Waals surface area (Å²) in [5.41, 5.74) is -0.209. The van der Waals surface area contributed by atoms with E-state index in [1.807, 2.05) is 0 Å². The second-order valence-corrected chi connectivity index (χ2v) is 4.71. The molecule has 0 aliphatic rings. The molecule has 0 spiro atoms. The average Bonchev–Trinajstić information content (AvgIpc) is 2.09. The van der Waals surface area contributed by atoms with E-state index in [0.717, 1.165) is 6.07 Å². The average molecular weight is 342 g/mol. The first-order valence-corrected chi connectivity index (χ1v) is 5.95. The number of phenols is 1. The number of benzene rings is 1. The molecule has 82 valence electrons. The van der Waals surface area contributed by atoms with Crippen LogP contribution in [0.1, 0.15) is 5.56 Å². The molecule has 0 aliphatic heterocycles. The number of nitro benzene ring substituents is 1.